The Morgan fingerprint density at radius 1 is 1.43 bits per heavy atom. The van der Waals surface area contributed by atoms with E-state index in [1.807, 2.05) is 0 Å². The minimum Gasteiger partial charge on any atom is -0.409 e. The van der Waals surface area contributed by atoms with Crippen molar-refractivity contribution in [2.24, 2.45) is 28.1 Å². The molecule has 1 aliphatic heterocycles. The smallest absolute Gasteiger partial charge is 0.234 e. The molecule has 2 atom stereocenters. The fourth-order valence-electron chi connectivity index (χ4n) is 3.57. The number of nitrogens with two attached hydrogens (primary N) is 1. The number of carbonyl (C=O) groups excluding carboxylic acids is 1. The molecular formula is C15H27N3O3. The number of rotatable bonds is 4. The van der Waals surface area contributed by atoms with Crippen LogP contribution in [0.25, 0.3) is 0 Å². The lowest BCUT2D eigenvalue weighted by Gasteiger charge is -2.35. The molecule has 21 heavy (non-hydrogen) atoms. The highest BCUT2D eigenvalue weighted by Crippen LogP contribution is 2.32. The van der Waals surface area contributed by atoms with E-state index in [0.29, 0.717) is 38.5 Å². The van der Waals surface area contributed by atoms with Gasteiger partial charge in [0.15, 0.2) is 5.84 Å². The minimum atomic E-state index is -0.909. The van der Waals surface area contributed by atoms with Crippen LogP contribution in [0.15, 0.2) is 5.16 Å². The Labute approximate surface area is 126 Å². The molecule has 0 aromatic heterocycles. The van der Waals surface area contributed by atoms with Gasteiger partial charge in [0.1, 0.15) is 5.41 Å². The van der Waals surface area contributed by atoms with E-state index in [9.17, 15) is 4.79 Å². The van der Waals surface area contributed by atoms with Gasteiger partial charge in [0.05, 0.1) is 0 Å². The maximum atomic E-state index is 12.6. The highest BCUT2D eigenvalue weighted by atomic mass is 16.5. The van der Waals surface area contributed by atoms with Crippen molar-refractivity contribution in [3.05, 3.63) is 0 Å². The normalized spacial score (nSPS) is 29.9. The highest BCUT2D eigenvalue weighted by Gasteiger charge is 2.44. The molecule has 6 nitrogen and oxygen atoms in total. The summed E-state index contributed by atoms with van der Waals surface area (Å²) in [6.45, 7) is 3.88. The number of nitrogens with one attached hydrogen (secondary N) is 1. The lowest BCUT2D eigenvalue weighted by molar-refractivity contribution is -0.131. The molecule has 0 bridgehead atoms. The van der Waals surface area contributed by atoms with Crippen LogP contribution >= 0.6 is 0 Å². The standard InChI is InChI=1S/C15H27N3O3/c1-11-3-2-4-12(9-11)10-17-14(19)15(13(16)18-20)5-7-21-8-6-15/h11-12,20H,2-10H2,1H3,(H2,16,18)(H,17,19). The molecule has 120 valence electrons. The molecule has 2 aliphatic rings. The molecule has 1 saturated heterocycles. The summed E-state index contributed by atoms with van der Waals surface area (Å²) in [5, 5.41) is 15.1. The maximum Gasteiger partial charge on any atom is 0.234 e. The molecular weight excluding hydrogens is 270 g/mol. The summed E-state index contributed by atoms with van der Waals surface area (Å²) in [6.07, 6.45) is 5.80. The average molecular weight is 297 g/mol. The zero-order valence-corrected chi connectivity index (χ0v) is 12.8. The molecule has 1 aliphatic carbocycles. The second-order valence-electron chi connectivity index (χ2n) is 6.53. The van der Waals surface area contributed by atoms with E-state index in [4.69, 9.17) is 15.7 Å². The van der Waals surface area contributed by atoms with Gasteiger partial charge in [0.2, 0.25) is 5.91 Å². The molecule has 2 fully saturated rings. The predicted octanol–water partition coefficient (Wildman–Crippen LogP) is 1.47. The van der Waals surface area contributed by atoms with Gasteiger partial charge in [-0.2, -0.15) is 0 Å². The summed E-state index contributed by atoms with van der Waals surface area (Å²) in [7, 11) is 0. The third-order valence-electron chi connectivity index (χ3n) is 4.98. The number of ether oxygens (including phenoxy) is 1. The molecule has 1 heterocycles. The molecule has 2 rings (SSSR count). The topological polar surface area (TPSA) is 96.9 Å². The van der Waals surface area contributed by atoms with Crippen molar-refractivity contribution < 1.29 is 14.7 Å². The number of carbonyl (C=O) groups is 1. The van der Waals surface area contributed by atoms with Crippen LogP contribution < -0.4 is 11.1 Å². The lowest BCUT2D eigenvalue weighted by atomic mass is 9.77. The SMILES string of the molecule is CC1CCCC(CNC(=O)C2(C(N)=NO)CCOCC2)C1. The van der Waals surface area contributed by atoms with Crippen molar-refractivity contribution in [1.29, 1.82) is 0 Å². The largest absolute Gasteiger partial charge is 0.409 e. The highest BCUT2D eigenvalue weighted by molar-refractivity contribution is 6.06. The van der Waals surface area contributed by atoms with Crippen LogP contribution in [0.2, 0.25) is 0 Å². The summed E-state index contributed by atoms with van der Waals surface area (Å²) >= 11 is 0. The molecule has 1 saturated carbocycles. The second kappa shape index (κ2) is 7.11. The fraction of sp³-hybridized carbons (Fsp3) is 0.867. The lowest BCUT2D eigenvalue weighted by Crippen LogP contribution is -2.53. The Kier molecular flexibility index (Phi) is 5.45. The van der Waals surface area contributed by atoms with E-state index in [1.54, 1.807) is 0 Å². The van der Waals surface area contributed by atoms with E-state index >= 15 is 0 Å². The maximum absolute atomic E-state index is 12.6. The number of oxime groups is 1. The van der Waals surface area contributed by atoms with Crippen molar-refractivity contribution in [3.8, 4) is 0 Å². The molecule has 0 spiro atoms. The van der Waals surface area contributed by atoms with Gasteiger partial charge in [0, 0.05) is 19.8 Å². The average Bonchev–Trinajstić information content (AvgIpc) is 2.52. The summed E-state index contributed by atoms with van der Waals surface area (Å²) in [5.74, 6) is 1.16. The van der Waals surface area contributed by atoms with Crippen LogP contribution in [-0.4, -0.2) is 36.7 Å². The summed E-state index contributed by atoms with van der Waals surface area (Å²) in [4.78, 5) is 12.6. The van der Waals surface area contributed by atoms with Crippen LogP contribution in [0.3, 0.4) is 0 Å². The van der Waals surface area contributed by atoms with Crippen molar-refractivity contribution in [2.75, 3.05) is 19.8 Å². The number of nitrogens with zero attached hydrogens (tertiary/aromatic N) is 1. The van der Waals surface area contributed by atoms with Gasteiger partial charge < -0.3 is 21.0 Å². The molecule has 0 aromatic carbocycles. The minimum absolute atomic E-state index is 0.000289. The Bertz CT molecular complexity index is 392. The first-order valence-electron chi connectivity index (χ1n) is 7.92. The van der Waals surface area contributed by atoms with Crippen LogP contribution in [0, 0.1) is 17.3 Å². The van der Waals surface area contributed by atoms with E-state index in [-0.39, 0.29) is 11.7 Å². The van der Waals surface area contributed by atoms with Crippen LogP contribution in [-0.2, 0) is 9.53 Å². The first-order valence-corrected chi connectivity index (χ1v) is 7.92. The zero-order valence-electron chi connectivity index (χ0n) is 12.8. The van der Waals surface area contributed by atoms with E-state index in [0.717, 1.165) is 5.92 Å². The Hall–Kier alpha value is -1.30. The Morgan fingerprint density at radius 3 is 2.76 bits per heavy atom. The number of hydrogen-bond donors (Lipinski definition) is 3. The van der Waals surface area contributed by atoms with Gasteiger partial charge in [-0.25, -0.2) is 0 Å². The van der Waals surface area contributed by atoms with Gasteiger partial charge in [0.25, 0.3) is 0 Å². The molecule has 2 unspecified atom stereocenters. The van der Waals surface area contributed by atoms with Crippen molar-refractivity contribution >= 4 is 11.7 Å². The van der Waals surface area contributed by atoms with Crippen molar-refractivity contribution in [3.63, 3.8) is 0 Å². The molecule has 0 aromatic rings. The summed E-state index contributed by atoms with van der Waals surface area (Å²) in [6, 6.07) is 0. The van der Waals surface area contributed by atoms with Crippen molar-refractivity contribution in [1.82, 2.24) is 5.32 Å². The molecule has 0 radical (unpaired) electrons. The molecule has 1 amide bonds. The number of hydrogen-bond acceptors (Lipinski definition) is 4. The van der Waals surface area contributed by atoms with Gasteiger partial charge in [-0.3, -0.25) is 4.79 Å². The fourth-order valence-corrected chi connectivity index (χ4v) is 3.57. The quantitative estimate of drug-likeness (QED) is 0.317. The second-order valence-corrected chi connectivity index (χ2v) is 6.53. The van der Waals surface area contributed by atoms with Crippen LogP contribution in [0.1, 0.15) is 45.4 Å². The molecule has 4 N–H and O–H groups in total. The van der Waals surface area contributed by atoms with Gasteiger partial charge in [-0.05, 0) is 37.5 Å². The predicted molar refractivity (Wildman–Crippen MR) is 80.0 cm³/mol. The first kappa shape index (κ1) is 16.1. The summed E-state index contributed by atoms with van der Waals surface area (Å²) in [5.41, 5.74) is 4.89. The Morgan fingerprint density at radius 2 is 2.14 bits per heavy atom. The Balaban J connectivity index is 1.95. The van der Waals surface area contributed by atoms with Gasteiger partial charge in [-0.15, -0.1) is 0 Å². The van der Waals surface area contributed by atoms with E-state index in [1.165, 1.54) is 25.7 Å². The molecule has 6 heteroatoms. The van der Waals surface area contributed by atoms with Crippen LogP contribution in [0.4, 0.5) is 0 Å². The zero-order chi connectivity index (χ0) is 15.3. The third-order valence-corrected chi connectivity index (χ3v) is 4.98. The first-order chi connectivity index (χ1) is 10.1. The third kappa shape index (κ3) is 3.67. The van der Waals surface area contributed by atoms with Crippen LogP contribution in [0.5, 0.6) is 0 Å². The van der Waals surface area contributed by atoms with Crippen molar-refractivity contribution in [2.45, 2.75) is 45.4 Å². The van der Waals surface area contributed by atoms with E-state index < -0.39 is 5.41 Å². The number of amides is 1. The number of amidine groups is 1. The van der Waals surface area contributed by atoms with Gasteiger partial charge >= 0.3 is 0 Å². The monoisotopic (exact) mass is 297 g/mol. The van der Waals surface area contributed by atoms with Gasteiger partial charge in [-0.1, -0.05) is 24.9 Å². The summed E-state index contributed by atoms with van der Waals surface area (Å²) < 4.78 is 5.31. The van der Waals surface area contributed by atoms with E-state index in [2.05, 4.69) is 17.4 Å².